The summed E-state index contributed by atoms with van der Waals surface area (Å²) in [7, 11) is 0. The van der Waals surface area contributed by atoms with Crippen molar-refractivity contribution < 1.29 is 4.74 Å². The van der Waals surface area contributed by atoms with E-state index in [4.69, 9.17) is 4.74 Å². The molecule has 0 spiro atoms. The summed E-state index contributed by atoms with van der Waals surface area (Å²) in [5.41, 5.74) is 4.14. The Morgan fingerprint density at radius 3 is 3.06 bits per heavy atom. The summed E-state index contributed by atoms with van der Waals surface area (Å²) in [6.45, 7) is 7.02. The van der Waals surface area contributed by atoms with Gasteiger partial charge in [-0.15, -0.1) is 12.4 Å². The third kappa shape index (κ3) is 1.99. The Kier molecular flexibility index (Phi) is 3.81. The van der Waals surface area contributed by atoms with E-state index in [0.29, 0.717) is 5.92 Å². The van der Waals surface area contributed by atoms with Gasteiger partial charge < -0.3 is 10.1 Å². The highest BCUT2D eigenvalue weighted by Gasteiger charge is 2.44. The van der Waals surface area contributed by atoms with Gasteiger partial charge in [-0.1, -0.05) is 30.4 Å². The van der Waals surface area contributed by atoms with Crippen LogP contribution >= 0.6 is 12.4 Å². The summed E-state index contributed by atoms with van der Waals surface area (Å²) in [4.78, 5) is 0. The standard InChI is InChI=1S/C15H19NO.ClH/c1-3-5-11-6-4-7-12-13(11)9-17-15(2)10-16-8-14(12)15;/h3-7,14,16H,8-10H2,1-2H3;1H/b5-3-;/t14-,15-;/m1./s1. The van der Waals surface area contributed by atoms with Crippen molar-refractivity contribution >= 4 is 18.5 Å². The zero-order valence-corrected chi connectivity index (χ0v) is 11.7. The van der Waals surface area contributed by atoms with E-state index >= 15 is 0 Å². The van der Waals surface area contributed by atoms with E-state index in [1.807, 2.05) is 0 Å². The second-order valence-corrected chi connectivity index (χ2v) is 5.20. The molecule has 1 fully saturated rings. The maximum absolute atomic E-state index is 6.11. The summed E-state index contributed by atoms with van der Waals surface area (Å²) in [5.74, 6) is 0.497. The van der Waals surface area contributed by atoms with E-state index in [2.05, 4.69) is 49.5 Å². The number of hydrogen-bond acceptors (Lipinski definition) is 2. The molecule has 0 radical (unpaired) electrons. The van der Waals surface area contributed by atoms with Gasteiger partial charge in [0.25, 0.3) is 0 Å². The molecule has 2 aliphatic rings. The molecule has 0 bridgehead atoms. The molecule has 0 saturated carbocycles. The SMILES string of the molecule is C/C=C\c1cccc2c1CO[C@]1(C)CNC[C@H]21.Cl. The molecule has 3 heteroatoms. The summed E-state index contributed by atoms with van der Waals surface area (Å²) < 4.78 is 6.11. The summed E-state index contributed by atoms with van der Waals surface area (Å²) >= 11 is 0. The van der Waals surface area contributed by atoms with Crippen LogP contribution in [0.15, 0.2) is 24.3 Å². The van der Waals surface area contributed by atoms with Crippen LogP contribution in [0.4, 0.5) is 0 Å². The van der Waals surface area contributed by atoms with Crippen molar-refractivity contribution in [3.63, 3.8) is 0 Å². The average Bonchev–Trinajstić information content (AvgIpc) is 2.72. The van der Waals surface area contributed by atoms with Gasteiger partial charge in [-0.25, -0.2) is 0 Å². The molecule has 1 aromatic carbocycles. The zero-order valence-electron chi connectivity index (χ0n) is 10.9. The van der Waals surface area contributed by atoms with Crippen LogP contribution in [0.25, 0.3) is 6.08 Å². The lowest BCUT2D eigenvalue weighted by atomic mass is 9.80. The maximum atomic E-state index is 6.11. The molecule has 0 aliphatic carbocycles. The highest BCUT2D eigenvalue weighted by molar-refractivity contribution is 5.85. The Balaban J connectivity index is 0.00000120. The van der Waals surface area contributed by atoms with Crippen molar-refractivity contribution in [1.29, 1.82) is 0 Å². The monoisotopic (exact) mass is 265 g/mol. The Labute approximate surface area is 115 Å². The first-order valence-electron chi connectivity index (χ1n) is 6.34. The molecule has 2 atom stereocenters. The van der Waals surface area contributed by atoms with Crippen LogP contribution in [-0.4, -0.2) is 18.7 Å². The van der Waals surface area contributed by atoms with E-state index in [9.17, 15) is 0 Å². The fourth-order valence-electron chi connectivity index (χ4n) is 3.08. The highest BCUT2D eigenvalue weighted by Crippen LogP contribution is 2.42. The minimum atomic E-state index is -0.0123. The molecular weight excluding hydrogens is 246 g/mol. The molecule has 2 nitrogen and oxygen atoms in total. The van der Waals surface area contributed by atoms with Crippen molar-refractivity contribution in [2.75, 3.05) is 13.1 Å². The summed E-state index contributed by atoms with van der Waals surface area (Å²) in [6, 6.07) is 6.60. The molecule has 2 aliphatic heterocycles. The predicted octanol–water partition coefficient (Wildman–Crippen LogP) is 3.12. The first-order valence-corrected chi connectivity index (χ1v) is 6.34. The Hall–Kier alpha value is -0.830. The van der Waals surface area contributed by atoms with Gasteiger partial charge in [-0.05, 0) is 30.5 Å². The molecule has 0 unspecified atom stereocenters. The van der Waals surface area contributed by atoms with Crippen molar-refractivity contribution in [3.8, 4) is 0 Å². The summed E-state index contributed by atoms with van der Waals surface area (Å²) in [6.07, 6.45) is 4.27. The van der Waals surface area contributed by atoms with Crippen LogP contribution in [-0.2, 0) is 11.3 Å². The first kappa shape index (κ1) is 13.6. The molecule has 0 amide bonds. The van der Waals surface area contributed by atoms with Crippen molar-refractivity contribution in [2.24, 2.45) is 0 Å². The quantitative estimate of drug-likeness (QED) is 0.842. The number of ether oxygens (including phenoxy) is 1. The van der Waals surface area contributed by atoms with E-state index in [1.165, 1.54) is 16.7 Å². The van der Waals surface area contributed by atoms with Gasteiger partial charge in [-0.2, -0.15) is 0 Å². The van der Waals surface area contributed by atoms with Gasteiger partial charge in [0.2, 0.25) is 0 Å². The normalized spacial score (nSPS) is 29.8. The zero-order chi connectivity index (χ0) is 11.9. The summed E-state index contributed by atoms with van der Waals surface area (Å²) in [5, 5.41) is 3.45. The molecule has 18 heavy (non-hydrogen) atoms. The number of fused-ring (bicyclic) bond motifs is 3. The van der Waals surface area contributed by atoms with Crippen LogP contribution in [0, 0.1) is 0 Å². The molecule has 2 heterocycles. The van der Waals surface area contributed by atoms with Crippen LogP contribution < -0.4 is 5.32 Å². The van der Waals surface area contributed by atoms with Crippen molar-refractivity contribution in [1.82, 2.24) is 5.32 Å². The molecule has 3 rings (SSSR count). The van der Waals surface area contributed by atoms with Crippen LogP contribution in [0.5, 0.6) is 0 Å². The van der Waals surface area contributed by atoms with E-state index in [-0.39, 0.29) is 18.0 Å². The van der Waals surface area contributed by atoms with E-state index in [1.54, 1.807) is 0 Å². The second kappa shape index (κ2) is 5.04. The third-order valence-electron chi connectivity index (χ3n) is 4.08. The van der Waals surface area contributed by atoms with Crippen LogP contribution in [0.1, 0.15) is 36.5 Å². The number of allylic oxidation sites excluding steroid dienone is 1. The Bertz CT molecular complexity index is 472. The minimum absolute atomic E-state index is 0. The van der Waals surface area contributed by atoms with Gasteiger partial charge in [0, 0.05) is 19.0 Å². The van der Waals surface area contributed by atoms with Gasteiger partial charge in [0.15, 0.2) is 0 Å². The lowest BCUT2D eigenvalue weighted by Crippen LogP contribution is -2.39. The number of nitrogens with one attached hydrogen (secondary N) is 1. The number of halogens is 1. The minimum Gasteiger partial charge on any atom is -0.369 e. The number of rotatable bonds is 1. The number of benzene rings is 1. The lowest BCUT2D eigenvalue weighted by molar-refractivity contribution is -0.0518. The highest BCUT2D eigenvalue weighted by atomic mass is 35.5. The lowest BCUT2D eigenvalue weighted by Gasteiger charge is -2.37. The Morgan fingerprint density at radius 1 is 1.44 bits per heavy atom. The number of hydrogen-bond donors (Lipinski definition) is 1. The topological polar surface area (TPSA) is 21.3 Å². The van der Waals surface area contributed by atoms with Crippen LogP contribution in [0.2, 0.25) is 0 Å². The van der Waals surface area contributed by atoms with Gasteiger partial charge in [0.05, 0.1) is 12.2 Å². The van der Waals surface area contributed by atoms with Gasteiger partial charge >= 0.3 is 0 Å². The largest absolute Gasteiger partial charge is 0.369 e. The Morgan fingerprint density at radius 2 is 2.28 bits per heavy atom. The smallest absolute Gasteiger partial charge is 0.0863 e. The van der Waals surface area contributed by atoms with Gasteiger partial charge in [0.1, 0.15) is 0 Å². The molecule has 1 N–H and O–H groups in total. The molecule has 1 saturated heterocycles. The van der Waals surface area contributed by atoms with Crippen molar-refractivity contribution in [2.45, 2.75) is 32.0 Å². The van der Waals surface area contributed by atoms with E-state index < -0.39 is 0 Å². The fraction of sp³-hybridized carbons (Fsp3) is 0.467. The molecular formula is C15H20ClNO. The van der Waals surface area contributed by atoms with Crippen LogP contribution in [0.3, 0.4) is 0 Å². The molecule has 98 valence electrons. The average molecular weight is 266 g/mol. The maximum Gasteiger partial charge on any atom is 0.0863 e. The molecule has 1 aromatic rings. The van der Waals surface area contributed by atoms with E-state index in [0.717, 1.165) is 19.7 Å². The fourth-order valence-corrected chi connectivity index (χ4v) is 3.08. The second-order valence-electron chi connectivity index (χ2n) is 5.20. The third-order valence-corrected chi connectivity index (χ3v) is 4.08. The predicted molar refractivity (Wildman–Crippen MR) is 77.2 cm³/mol. The van der Waals surface area contributed by atoms with Gasteiger partial charge in [-0.3, -0.25) is 0 Å². The molecule has 0 aromatic heterocycles. The first-order chi connectivity index (χ1) is 8.24. The van der Waals surface area contributed by atoms with Crippen molar-refractivity contribution in [3.05, 3.63) is 41.0 Å².